The molecule has 0 amide bonds. The van der Waals surface area contributed by atoms with Crippen LogP contribution in [0, 0.1) is 0 Å². The molecule has 6 heteroatoms. The first kappa shape index (κ1) is 37.0. The SMILES string of the molecule is c1ccc(C[Si]2(Cc3ccccc3)N(c3ccccc3)N(c3ccccc3)[Si](Cc3ccccc3)(Cc3ccccc3)N(c3ccccc3)N2c2ccccc2)cc1. The summed E-state index contributed by atoms with van der Waals surface area (Å²) in [6.45, 7) is 0. The van der Waals surface area contributed by atoms with Crippen LogP contribution >= 0.6 is 0 Å². The number of hydrogen-bond donors (Lipinski definition) is 0. The van der Waals surface area contributed by atoms with E-state index in [2.05, 4.69) is 261 Å². The van der Waals surface area contributed by atoms with Crippen LogP contribution in [0.15, 0.2) is 243 Å². The maximum absolute atomic E-state index is 3.17. The lowest BCUT2D eigenvalue weighted by molar-refractivity contribution is 0.824. The zero-order valence-corrected chi connectivity index (χ0v) is 34.7. The fourth-order valence-corrected chi connectivity index (χ4v) is 21.1. The summed E-state index contributed by atoms with van der Waals surface area (Å²) in [6.07, 6.45) is 0. The van der Waals surface area contributed by atoms with Gasteiger partial charge in [-0.25, -0.2) is 0 Å². The molecule has 1 aliphatic rings. The minimum absolute atomic E-state index is 0.861. The lowest BCUT2D eigenvalue weighted by Crippen LogP contribution is -2.93. The van der Waals surface area contributed by atoms with Gasteiger partial charge >= 0.3 is 16.8 Å². The summed E-state index contributed by atoms with van der Waals surface area (Å²) in [5.74, 6) is 0. The monoisotopic (exact) mass is 784 g/mol. The number of anilines is 4. The quantitative estimate of drug-likeness (QED) is 0.114. The third-order valence-electron chi connectivity index (χ3n) is 11.3. The molecule has 0 N–H and O–H groups in total. The molecule has 0 spiro atoms. The number of benzene rings is 8. The molecule has 9 rings (SSSR count). The van der Waals surface area contributed by atoms with Crippen molar-refractivity contribution in [3.63, 3.8) is 0 Å². The van der Waals surface area contributed by atoms with Crippen molar-refractivity contribution in [3.8, 4) is 0 Å². The fraction of sp³-hybridized carbons (Fsp3) is 0.0769. The van der Waals surface area contributed by atoms with E-state index in [4.69, 9.17) is 0 Å². The second kappa shape index (κ2) is 16.9. The van der Waals surface area contributed by atoms with Crippen LogP contribution in [-0.4, -0.2) is 16.8 Å². The predicted octanol–water partition coefficient (Wildman–Crippen LogP) is 11.9. The Morgan fingerprint density at radius 3 is 0.534 bits per heavy atom. The highest BCUT2D eigenvalue weighted by atomic mass is 28.4. The summed E-state index contributed by atoms with van der Waals surface area (Å²) in [6, 6.07) is 93.5. The molecule has 0 bridgehead atoms. The minimum atomic E-state index is -3.17. The Hall–Kier alpha value is -6.61. The van der Waals surface area contributed by atoms with Gasteiger partial charge in [-0.1, -0.05) is 194 Å². The van der Waals surface area contributed by atoms with Crippen molar-refractivity contribution in [1.29, 1.82) is 0 Å². The van der Waals surface area contributed by atoms with E-state index in [1.165, 1.54) is 45.0 Å². The minimum Gasteiger partial charge on any atom is -0.295 e. The van der Waals surface area contributed by atoms with Crippen molar-refractivity contribution in [3.05, 3.63) is 265 Å². The summed E-state index contributed by atoms with van der Waals surface area (Å²) < 4.78 is 11.5. The van der Waals surface area contributed by atoms with Crippen LogP contribution in [0.3, 0.4) is 0 Å². The van der Waals surface area contributed by atoms with E-state index in [0.717, 1.165) is 24.2 Å². The molecule has 0 unspecified atom stereocenters. The van der Waals surface area contributed by atoms with E-state index >= 15 is 0 Å². The van der Waals surface area contributed by atoms with E-state index in [1.54, 1.807) is 0 Å². The van der Waals surface area contributed by atoms with E-state index in [1.807, 2.05) is 0 Å². The first-order valence-electron chi connectivity index (χ1n) is 20.3. The average Bonchev–Trinajstić information content (AvgIpc) is 3.29. The fourth-order valence-electron chi connectivity index (χ4n) is 9.04. The van der Waals surface area contributed by atoms with Crippen LogP contribution < -0.4 is 18.7 Å². The molecule has 1 fully saturated rings. The molecule has 8 aromatic carbocycles. The Kier molecular flexibility index (Phi) is 10.8. The van der Waals surface area contributed by atoms with Gasteiger partial charge in [-0.2, -0.15) is 0 Å². The van der Waals surface area contributed by atoms with Crippen LogP contribution in [0.5, 0.6) is 0 Å². The maximum Gasteiger partial charge on any atom is 0.312 e. The molecule has 1 saturated heterocycles. The van der Waals surface area contributed by atoms with Gasteiger partial charge in [0.1, 0.15) is 0 Å². The zero-order valence-electron chi connectivity index (χ0n) is 32.7. The van der Waals surface area contributed by atoms with Gasteiger partial charge in [0.05, 0.1) is 0 Å². The number of hydrogen-bond acceptors (Lipinski definition) is 4. The molecule has 58 heavy (non-hydrogen) atoms. The molecule has 0 atom stereocenters. The summed E-state index contributed by atoms with van der Waals surface area (Å²) >= 11 is 0. The Morgan fingerprint density at radius 2 is 0.362 bits per heavy atom. The van der Waals surface area contributed by atoms with Gasteiger partial charge < -0.3 is 0 Å². The van der Waals surface area contributed by atoms with Gasteiger partial charge in [0.25, 0.3) is 0 Å². The first-order chi connectivity index (χ1) is 28.7. The third kappa shape index (κ3) is 7.36. The number of rotatable bonds is 12. The molecular weight excluding hydrogens is 737 g/mol. The van der Waals surface area contributed by atoms with E-state index in [-0.39, 0.29) is 0 Å². The van der Waals surface area contributed by atoms with Gasteiger partial charge in [0, 0.05) is 46.9 Å². The molecule has 0 aromatic heterocycles. The highest BCUT2D eigenvalue weighted by Gasteiger charge is 2.65. The van der Waals surface area contributed by atoms with E-state index < -0.39 is 16.8 Å². The van der Waals surface area contributed by atoms with Crippen molar-refractivity contribution < 1.29 is 0 Å². The summed E-state index contributed by atoms with van der Waals surface area (Å²) in [5, 5.41) is 0. The highest BCUT2D eigenvalue weighted by molar-refractivity contribution is 6.97. The van der Waals surface area contributed by atoms with Crippen molar-refractivity contribution in [2.24, 2.45) is 0 Å². The van der Waals surface area contributed by atoms with E-state index in [9.17, 15) is 0 Å². The topological polar surface area (TPSA) is 13.0 Å². The van der Waals surface area contributed by atoms with Gasteiger partial charge in [-0.05, 0) is 70.8 Å². The molecule has 1 heterocycles. The summed E-state index contributed by atoms with van der Waals surface area (Å²) in [5.41, 5.74) is 10.1. The molecule has 0 aliphatic carbocycles. The zero-order chi connectivity index (χ0) is 39.0. The second-order valence-corrected chi connectivity index (χ2v) is 22.2. The smallest absolute Gasteiger partial charge is 0.295 e. The Balaban J connectivity index is 1.48. The molecular formula is C52H48N4Si2. The van der Waals surface area contributed by atoms with Crippen molar-refractivity contribution in [2.45, 2.75) is 24.2 Å². The van der Waals surface area contributed by atoms with Crippen LogP contribution in [0.25, 0.3) is 0 Å². The molecule has 4 nitrogen and oxygen atoms in total. The van der Waals surface area contributed by atoms with E-state index in [0.29, 0.717) is 0 Å². The number of nitrogens with zero attached hydrogens (tertiary/aromatic N) is 4. The standard InChI is InChI=1S/C52H48N4Si2/c1-9-25-45(26-10-1)41-57(42-46-27-11-2-12-28-46)53(49-33-17-5-18-34-49)55(51-37-21-7-22-38-51)58(43-47-29-13-3-14-30-47,44-48-31-15-4-16-32-48)56(52-39-23-8-24-40-52)54(57)50-35-19-6-20-36-50/h1-40H,41-44H2. The number of para-hydroxylation sites is 4. The molecule has 8 aromatic rings. The van der Waals surface area contributed by atoms with Gasteiger partial charge in [-0.15, -0.1) is 0 Å². The Morgan fingerprint density at radius 1 is 0.207 bits per heavy atom. The Labute approximate surface area is 345 Å². The normalized spacial score (nSPS) is 14.6. The molecule has 1 aliphatic heterocycles. The lowest BCUT2D eigenvalue weighted by Gasteiger charge is -2.70. The Bertz CT molecular complexity index is 2110. The third-order valence-corrected chi connectivity index (χ3v) is 20.6. The van der Waals surface area contributed by atoms with Crippen LogP contribution in [-0.2, 0) is 24.2 Å². The van der Waals surface area contributed by atoms with Crippen LogP contribution in [0.1, 0.15) is 22.3 Å². The molecule has 284 valence electrons. The van der Waals surface area contributed by atoms with Crippen molar-refractivity contribution >= 4 is 39.5 Å². The average molecular weight is 785 g/mol. The summed E-state index contributed by atoms with van der Waals surface area (Å²) in [7, 11) is -6.33. The lowest BCUT2D eigenvalue weighted by atomic mass is 10.2. The number of hydrazine groups is 2. The molecule has 0 radical (unpaired) electrons. The second-order valence-electron chi connectivity index (χ2n) is 15.2. The maximum atomic E-state index is 2.87. The summed E-state index contributed by atoms with van der Waals surface area (Å²) in [4.78, 5) is 0. The first-order valence-corrected chi connectivity index (χ1v) is 24.9. The molecule has 0 saturated carbocycles. The van der Waals surface area contributed by atoms with Gasteiger partial charge in [0.15, 0.2) is 0 Å². The van der Waals surface area contributed by atoms with Crippen LogP contribution in [0.2, 0.25) is 0 Å². The van der Waals surface area contributed by atoms with Crippen molar-refractivity contribution in [2.75, 3.05) is 18.7 Å². The largest absolute Gasteiger partial charge is 0.312 e. The predicted molar refractivity (Wildman–Crippen MR) is 248 cm³/mol. The van der Waals surface area contributed by atoms with Crippen molar-refractivity contribution in [1.82, 2.24) is 0 Å². The van der Waals surface area contributed by atoms with Gasteiger partial charge in [-0.3, -0.25) is 18.7 Å². The van der Waals surface area contributed by atoms with Crippen LogP contribution in [0.4, 0.5) is 22.7 Å². The highest BCUT2D eigenvalue weighted by Crippen LogP contribution is 2.48. The van der Waals surface area contributed by atoms with Gasteiger partial charge in [0.2, 0.25) is 0 Å².